The van der Waals surface area contributed by atoms with Crippen LogP contribution in [-0.2, 0) is 4.74 Å². The van der Waals surface area contributed by atoms with E-state index in [9.17, 15) is 5.11 Å². The molecule has 1 aliphatic rings. The number of rotatable bonds is 7. The van der Waals surface area contributed by atoms with Crippen molar-refractivity contribution in [2.24, 2.45) is 5.41 Å². The average molecular weight is 277 g/mol. The molecule has 1 aromatic rings. The predicted molar refractivity (Wildman–Crippen MR) is 81.6 cm³/mol. The summed E-state index contributed by atoms with van der Waals surface area (Å²) in [5.41, 5.74) is 1.31. The van der Waals surface area contributed by atoms with Crippen molar-refractivity contribution in [3.05, 3.63) is 35.9 Å². The maximum absolute atomic E-state index is 9.67. The summed E-state index contributed by atoms with van der Waals surface area (Å²) in [6, 6.07) is 10.6. The Morgan fingerprint density at radius 1 is 1.35 bits per heavy atom. The fourth-order valence-electron chi connectivity index (χ4n) is 3.19. The van der Waals surface area contributed by atoms with Gasteiger partial charge in [0.25, 0.3) is 0 Å². The first-order valence-corrected chi connectivity index (χ1v) is 7.69. The molecule has 0 aromatic heterocycles. The molecule has 3 nitrogen and oxygen atoms in total. The highest BCUT2D eigenvalue weighted by molar-refractivity contribution is 5.20. The lowest BCUT2D eigenvalue weighted by Crippen LogP contribution is -2.62. The van der Waals surface area contributed by atoms with Crippen molar-refractivity contribution in [1.82, 2.24) is 5.32 Å². The highest BCUT2D eigenvalue weighted by Crippen LogP contribution is 2.46. The van der Waals surface area contributed by atoms with E-state index in [1.54, 1.807) is 0 Å². The van der Waals surface area contributed by atoms with Gasteiger partial charge in [-0.1, -0.05) is 44.2 Å². The molecule has 2 N–H and O–H groups in total. The third kappa shape index (κ3) is 2.90. The van der Waals surface area contributed by atoms with Gasteiger partial charge >= 0.3 is 0 Å². The molecule has 1 saturated carbocycles. The van der Waals surface area contributed by atoms with Crippen LogP contribution in [0.25, 0.3) is 0 Å². The van der Waals surface area contributed by atoms with Gasteiger partial charge in [0, 0.05) is 18.1 Å². The van der Waals surface area contributed by atoms with Crippen molar-refractivity contribution < 1.29 is 9.84 Å². The SMILES string of the molecule is CCOC1CC(N[C@H](CO)c2ccccc2)C1(C)CC. The van der Waals surface area contributed by atoms with E-state index in [0.29, 0.717) is 12.1 Å². The molecule has 1 aliphatic carbocycles. The molecule has 0 aliphatic heterocycles. The van der Waals surface area contributed by atoms with E-state index < -0.39 is 0 Å². The van der Waals surface area contributed by atoms with Gasteiger partial charge in [-0.3, -0.25) is 0 Å². The van der Waals surface area contributed by atoms with Crippen molar-refractivity contribution in [2.45, 2.75) is 51.8 Å². The minimum absolute atomic E-state index is 0.00894. The zero-order chi connectivity index (χ0) is 14.6. The number of benzene rings is 1. The number of hydrogen-bond acceptors (Lipinski definition) is 3. The van der Waals surface area contributed by atoms with E-state index in [2.05, 4.69) is 38.2 Å². The summed E-state index contributed by atoms with van der Waals surface area (Å²) in [4.78, 5) is 0. The summed E-state index contributed by atoms with van der Waals surface area (Å²) in [6.07, 6.45) is 2.45. The number of hydrogen-bond donors (Lipinski definition) is 2. The van der Waals surface area contributed by atoms with Crippen LogP contribution in [0, 0.1) is 5.41 Å². The minimum Gasteiger partial charge on any atom is -0.394 e. The summed E-state index contributed by atoms with van der Waals surface area (Å²) >= 11 is 0. The second-order valence-electron chi connectivity index (χ2n) is 5.90. The first-order chi connectivity index (χ1) is 9.65. The van der Waals surface area contributed by atoms with Gasteiger partial charge in [0.2, 0.25) is 0 Å². The fourth-order valence-corrected chi connectivity index (χ4v) is 3.19. The first-order valence-electron chi connectivity index (χ1n) is 7.69. The van der Waals surface area contributed by atoms with Crippen molar-refractivity contribution in [3.8, 4) is 0 Å². The minimum atomic E-state index is 0.00894. The number of aliphatic hydroxyl groups excluding tert-OH is 1. The molecule has 4 atom stereocenters. The summed E-state index contributed by atoms with van der Waals surface area (Å²) in [5, 5.41) is 13.3. The summed E-state index contributed by atoms with van der Waals surface area (Å²) in [7, 11) is 0. The molecule has 0 radical (unpaired) electrons. The largest absolute Gasteiger partial charge is 0.394 e. The van der Waals surface area contributed by atoms with E-state index in [-0.39, 0.29) is 18.1 Å². The second-order valence-corrected chi connectivity index (χ2v) is 5.90. The normalized spacial score (nSPS) is 30.8. The molecule has 1 aromatic carbocycles. The van der Waals surface area contributed by atoms with E-state index >= 15 is 0 Å². The fraction of sp³-hybridized carbons (Fsp3) is 0.647. The van der Waals surface area contributed by atoms with Gasteiger partial charge in [0.1, 0.15) is 0 Å². The van der Waals surface area contributed by atoms with Gasteiger partial charge in [0.05, 0.1) is 18.8 Å². The highest BCUT2D eigenvalue weighted by atomic mass is 16.5. The third-order valence-corrected chi connectivity index (χ3v) is 4.90. The number of ether oxygens (including phenoxy) is 1. The Hall–Kier alpha value is -0.900. The molecule has 3 heteroatoms. The number of nitrogens with one attached hydrogen (secondary N) is 1. The Kier molecular flexibility index (Phi) is 5.19. The Morgan fingerprint density at radius 2 is 2.05 bits per heavy atom. The molecule has 112 valence electrons. The van der Waals surface area contributed by atoms with Crippen LogP contribution in [0.1, 0.15) is 45.2 Å². The van der Waals surface area contributed by atoms with Crippen LogP contribution in [0.3, 0.4) is 0 Å². The van der Waals surface area contributed by atoms with Crippen molar-refractivity contribution in [2.75, 3.05) is 13.2 Å². The second kappa shape index (κ2) is 6.70. The molecule has 3 unspecified atom stereocenters. The quantitative estimate of drug-likeness (QED) is 0.805. The monoisotopic (exact) mass is 277 g/mol. The summed E-state index contributed by atoms with van der Waals surface area (Å²) < 4.78 is 5.83. The van der Waals surface area contributed by atoms with Gasteiger partial charge in [-0.15, -0.1) is 0 Å². The van der Waals surface area contributed by atoms with Crippen LogP contribution in [0.5, 0.6) is 0 Å². The molecule has 0 spiro atoms. The molecule has 0 saturated heterocycles. The maximum Gasteiger partial charge on any atom is 0.0658 e. The van der Waals surface area contributed by atoms with Gasteiger partial charge in [0.15, 0.2) is 0 Å². The predicted octanol–water partition coefficient (Wildman–Crippen LogP) is 2.90. The van der Waals surface area contributed by atoms with Crippen molar-refractivity contribution in [3.63, 3.8) is 0 Å². The summed E-state index contributed by atoms with van der Waals surface area (Å²) in [5.74, 6) is 0. The lowest BCUT2D eigenvalue weighted by atomic mass is 9.61. The van der Waals surface area contributed by atoms with Gasteiger partial charge in [-0.2, -0.15) is 0 Å². The Morgan fingerprint density at radius 3 is 2.60 bits per heavy atom. The van der Waals surface area contributed by atoms with Gasteiger partial charge in [-0.05, 0) is 25.3 Å². The zero-order valence-electron chi connectivity index (χ0n) is 12.8. The molecule has 1 fully saturated rings. The smallest absolute Gasteiger partial charge is 0.0658 e. The zero-order valence-corrected chi connectivity index (χ0v) is 12.8. The molecular formula is C17H27NO2. The number of aliphatic hydroxyl groups is 1. The van der Waals surface area contributed by atoms with E-state index in [1.165, 1.54) is 0 Å². The summed E-state index contributed by atoms with van der Waals surface area (Å²) in [6.45, 7) is 7.45. The molecule has 0 bridgehead atoms. The molecule has 0 amide bonds. The Bertz CT molecular complexity index is 409. The topological polar surface area (TPSA) is 41.5 Å². The van der Waals surface area contributed by atoms with E-state index in [4.69, 9.17) is 4.74 Å². The lowest BCUT2D eigenvalue weighted by molar-refractivity contribution is -0.129. The van der Waals surface area contributed by atoms with Crippen LogP contribution >= 0.6 is 0 Å². The molecule has 2 rings (SSSR count). The van der Waals surface area contributed by atoms with Crippen LogP contribution in [0.4, 0.5) is 0 Å². The maximum atomic E-state index is 9.67. The lowest BCUT2D eigenvalue weighted by Gasteiger charge is -2.54. The van der Waals surface area contributed by atoms with Crippen molar-refractivity contribution >= 4 is 0 Å². The van der Waals surface area contributed by atoms with Crippen LogP contribution in [0.15, 0.2) is 30.3 Å². The third-order valence-electron chi connectivity index (χ3n) is 4.90. The molecular weight excluding hydrogens is 250 g/mol. The van der Waals surface area contributed by atoms with Gasteiger partial charge < -0.3 is 15.2 Å². The standard InChI is InChI=1S/C17H27NO2/c1-4-17(3)15(11-16(17)20-5-2)18-14(12-19)13-9-7-6-8-10-13/h6-10,14-16,18-19H,4-5,11-12H2,1-3H3/t14-,15?,16?,17?/m1/s1. The van der Waals surface area contributed by atoms with E-state index in [1.807, 2.05) is 18.2 Å². The van der Waals surface area contributed by atoms with Crippen LogP contribution in [-0.4, -0.2) is 30.5 Å². The highest BCUT2D eigenvalue weighted by Gasteiger charge is 2.51. The Balaban J connectivity index is 2.02. The van der Waals surface area contributed by atoms with E-state index in [0.717, 1.165) is 25.0 Å². The van der Waals surface area contributed by atoms with Crippen LogP contribution in [0.2, 0.25) is 0 Å². The molecule has 20 heavy (non-hydrogen) atoms. The molecule has 0 heterocycles. The Labute approximate surface area is 122 Å². The van der Waals surface area contributed by atoms with Gasteiger partial charge in [-0.25, -0.2) is 0 Å². The average Bonchev–Trinajstić information content (AvgIpc) is 2.50. The van der Waals surface area contributed by atoms with Crippen molar-refractivity contribution in [1.29, 1.82) is 0 Å². The first kappa shape index (κ1) is 15.5. The van der Waals surface area contributed by atoms with Crippen LogP contribution < -0.4 is 5.32 Å².